The molecular formula is C52H36N2. The Morgan fingerprint density at radius 2 is 0.926 bits per heavy atom. The molecular weight excluding hydrogens is 653 g/mol. The molecule has 2 heteroatoms. The fourth-order valence-electron chi connectivity index (χ4n) is 8.83. The van der Waals surface area contributed by atoms with Gasteiger partial charge in [-0.05, 0) is 112 Å². The predicted molar refractivity (Wildman–Crippen MR) is 230 cm³/mol. The first-order valence-corrected chi connectivity index (χ1v) is 18.9. The van der Waals surface area contributed by atoms with Crippen LogP contribution in [-0.4, -0.2) is 9.13 Å². The Morgan fingerprint density at radius 1 is 0.370 bits per heavy atom. The molecule has 254 valence electrons. The number of hydrogen-bond donors (Lipinski definition) is 0. The third-order valence-corrected chi connectivity index (χ3v) is 11.3. The van der Waals surface area contributed by atoms with Crippen molar-refractivity contribution >= 4 is 60.0 Å². The van der Waals surface area contributed by atoms with Gasteiger partial charge in [-0.25, -0.2) is 0 Å². The van der Waals surface area contributed by atoms with Crippen LogP contribution in [-0.2, 0) is 0 Å². The van der Waals surface area contributed by atoms with E-state index in [1.54, 1.807) is 0 Å². The first kappa shape index (κ1) is 30.7. The van der Waals surface area contributed by atoms with Gasteiger partial charge in [0.25, 0.3) is 0 Å². The summed E-state index contributed by atoms with van der Waals surface area (Å²) in [6.07, 6.45) is 8.87. The molecule has 2 heterocycles. The van der Waals surface area contributed by atoms with Crippen molar-refractivity contribution in [2.75, 3.05) is 0 Å². The molecule has 2 nitrogen and oxygen atoms in total. The van der Waals surface area contributed by atoms with Crippen LogP contribution in [0.25, 0.3) is 93.6 Å². The number of para-hydroxylation sites is 2. The Morgan fingerprint density at radius 3 is 1.57 bits per heavy atom. The molecule has 0 bridgehead atoms. The monoisotopic (exact) mass is 688 g/mol. The molecule has 10 aromatic rings. The van der Waals surface area contributed by atoms with E-state index in [0.717, 1.165) is 18.5 Å². The fraction of sp³-hybridized carbons (Fsp3) is 0.0385. The minimum Gasteiger partial charge on any atom is -0.309 e. The minimum atomic E-state index is 1.04. The molecule has 0 spiro atoms. The quantitative estimate of drug-likeness (QED) is 0.170. The Kier molecular flexibility index (Phi) is 7.03. The van der Waals surface area contributed by atoms with E-state index in [2.05, 4.69) is 203 Å². The standard InChI is InChI=1S/C52H36N2/c1-4-16-35(17-5-1)39-28-40(36-18-6-2-7-19-36)31-41(30-39)53-49-26-14-12-24-44(49)47-34-52-48(33-51(47)53)45-25-13-15-27-50(45)54(52)42-29-38-22-10-11-23-43(38)46(32-42)37-20-8-3-9-21-37/h1-6,8-18,20-34H,7,19H2. The van der Waals surface area contributed by atoms with E-state index in [-0.39, 0.29) is 0 Å². The Labute approximate surface area is 314 Å². The van der Waals surface area contributed by atoms with Crippen molar-refractivity contribution in [2.24, 2.45) is 0 Å². The van der Waals surface area contributed by atoms with E-state index < -0.39 is 0 Å². The summed E-state index contributed by atoms with van der Waals surface area (Å²) in [4.78, 5) is 0. The van der Waals surface area contributed by atoms with Gasteiger partial charge in [-0.2, -0.15) is 0 Å². The van der Waals surface area contributed by atoms with Crippen molar-refractivity contribution in [1.29, 1.82) is 0 Å². The number of aromatic nitrogens is 2. The van der Waals surface area contributed by atoms with Gasteiger partial charge >= 0.3 is 0 Å². The fourth-order valence-corrected chi connectivity index (χ4v) is 8.83. The van der Waals surface area contributed by atoms with Crippen molar-refractivity contribution in [3.63, 3.8) is 0 Å². The van der Waals surface area contributed by atoms with E-state index in [9.17, 15) is 0 Å². The number of fused-ring (bicyclic) bond motifs is 7. The molecule has 11 rings (SSSR count). The second kappa shape index (κ2) is 12.4. The minimum absolute atomic E-state index is 1.04. The zero-order valence-electron chi connectivity index (χ0n) is 29.8. The van der Waals surface area contributed by atoms with Gasteiger partial charge in [0, 0.05) is 32.9 Å². The molecule has 54 heavy (non-hydrogen) atoms. The first-order chi connectivity index (χ1) is 26.8. The summed E-state index contributed by atoms with van der Waals surface area (Å²) < 4.78 is 4.97. The van der Waals surface area contributed by atoms with Gasteiger partial charge in [-0.1, -0.05) is 140 Å². The van der Waals surface area contributed by atoms with Gasteiger partial charge in [0.1, 0.15) is 0 Å². The number of allylic oxidation sites excluding steroid dienone is 4. The van der Waals surface area contributed by atoms with Gasteiger partial charge in [0.15, 0.2) is 0 Å². The molecule has 0 aliphatic heterocycles. The van der Waals surface area contributed by atoms with Gasteiger partial charge in [-0.15, -0.1) is 0 Å². The van der Waals surface area contributed by atoms with Crippen LogP contribution in [0.3, 0.4) is 0 Å². The van der Waals surface area contributed by atoms with E-state index in [1.165, 1.54) is 93.5 Å². The summed E-state index contributed by atoms with van der Waals surface area (Å²) in [5.41, 5.74) is 14.8. The third kappa shape index (κ3) is 4.88. The molecule has 0 N–H and O–H groups in total. The Bertz CT molecular complexity index is 3140. The van der Waals surface area contributed by atoms with Crippen LogP contribution >= 0.6 is 0 Å². The maximum Gasteiger partial charge on any atom is 0.0548 e. The highest BCUT2D eigenvalue weighted by atomic mass is 15.0. The van der Waals surface area contributed by atoms with Crippen molar-refractivity contribution < 1.29 is 0 Å². The van der Waals surface area contributed by atoms with Crippen LogP contribution in [0.15, 0.2) is 194 Å². The van der Waals surface area contributed by atoms with E-state index in [1.807, 2.05) is 0 Å². The molecule has 1 aliphatic rings. The first-order valence-electron chi connectivity index (χ1n) is 18.9. The summed E-state index contributed by atoms with van der Waals surface area (Å²) in [5.74, 6) is 0. The molecule has 0 fully saturated rings. The largest absolute Gasteiger partial charge is 0.309 e. The molecule has 2 aromatic heterocycles. The van der Waals surface area contributed by atoms with Crippen LogP contribution in [0.5, 0.6) is 0 Å². The topological polar surface area (TPSA) is 9.86 Å². The lowest BCUT2D eigenvalue weighted by Crippen LogP contribution is -1.98. The van der Waals surface area contributed by atoms with Crippen LogP contribution in [0.4, 0.5) is 0 Å². The van der Waals surface area contributed by atoms with E-state index >= 15 is 0 Å². The predicted octanol–water partition coefficient (Wildman–Crippen LogP) is 14.1. The smallest absolute Gasteiger partial charge is 0.0548 e. The van der Waals surface area contributed by atoms with Crippen molar-refractivity contribution in [3.8, 4) is 33.6 Å². The Hall–Kier alpha value is -6.90. The molecule has 0 atom stereocenters. The highest BCUT2D eigenvalue weighted by Gasteiger charge is 2.20. The molecule has 0 saturated carbocycles. The van der Waals surface area contributed by atoms with Crippen LogP contribution in [0.1, 0.15) is 18.4 Å². The molecule has 0 unspecified atom stereocenters. The van der Waals surface area contributed by atoms with Gasteiger partial charge in [-0.3, -0.25) is 0 Å². The SMILES string of the molecule is C1=CCCC(c2cc(-c3ccccc3)cc(-n3c4ccccc4c4cc5c(cc43)c3ccccc3n5-c3cc(-c4ccccc4)c4ccccc4c3)c2)=C1. The zero-order valence-corrected chi connectivity index (χ0v) is 29.8. The summed E-state index contributed by atoms with van der Waals surface area (Å²) >= 11 is 0. The number of benzene rings is 8. The highest BCUT2D eigenvalue weighted by molar-refractivity contribution is 6.19. The van der Waals surface area contributed by atoms with Crippen LogP contribution in [0.2, 0.25) is 0 Å². The van der Waals surface area contributed by atoms with Gasteiger partial charge in [0.05, 0.1) is 22.1 Å². The number of nitrogens with zero attached hydrogens (tertiary/aromatic N) is 2. The average molecular weight is 689 g/mol. The summed E-state index contributed by atoms with van der Waals surface area (Å²) in [7, 11) is 0. The molecule has 0 amide bonds. The zero-order chi connectivity index (χ0) is 35.6. The van der Waals surface area contributed by atoms with Crippen LogP contribution < -0.4 is 0 Å². The molecule has 1 aliphatic carbocycles. The van der Waals surface area contributed by atoms with Gasteiger partial charge < -0.3 is 9.13 Å². The second-order valence-corrected chi connectivity index (χ2v) is 14.5. The van der Waals surface area contributed by atoms with E-state index in [0.29, 0.717) is 0 Å². The Balaban J connectivity index is 1.22. The summed E-state index contributed by atoms with van der Waals surface area (Å²) in [6, 6.07) is 64.9. The third-order valence-electron chi connectivity index (χ3n) is 11.3. The lowest BCUT2D eigenvalue weighted by atomic mass is 9.93. The summed E-state index contributed by atoms with van der Waals surface area (Å²) in [6.45, 7) is 0. The normalized spacial score (nSPS) is 13.1. The van der Waals surface area contributed by atoms with Crippen molar-refractivity contribution in [3.05, 3.63) is 200 Å². The average Bonchev–Trinajstić information content (AvgIpc) is 3.75. The lowest BCUT2D eigenvalue weighted by molar-refractivity contribution is 1.05. The number of rotatable bonds is 5. The maximum atomic E-state index is 2.49. The van der Waals surface area contributed by atoms with Gasteiger partial charge in [0.2, 0.25) is 0 Å². The van der Waals surface area contributed by atoms with E-state index in [4.69, 9.17) is 0 Å². The second-order valence-electron chi connectivity index (χ2n) is 14.5. The number of hydrogen-bond acceptors (Lipinski definition) is 0. The summed E-state index contributed by atoms with van der Waals surface area (Å²) in [5, 5.41) is 7.49. The van der Waals surface area contributed by atoms with Crippen molar-refractivity contribution in [2.45, 2.75) is 12.8 Å². The highest BCUT2D eigenvalue weighted by Crippen LogP contribution is 2.42. The molecule has 8 aromatic carbocycles. The van der Waals surface area contributed by atoms with Crippen LogP contribution in [0, 0.1) is 0 Å². The lowest BCUT2D eigenvalue weighted by Gasteiger charge is -2.16. The molecule has 0 radical (unpaired) electrons. The van der Waals surface area contributed by atoms with Crippen molar-refractivity contribution in [1.82, 2.24) is 9.13 Å². The molecule has 0 saturated heterocycles. The maximum absolute atomic E-state index is 2.49.